The highest BCUT2D eigenvalue weighted by Gasteiger charge is 2.37. The molecule has 5 nitrogen and oxygen atoms in total. The number of unbranched alkanes of at least 4 members (excludes halogenated alkanes) is 1. The summed E-state index contributed by atoms with van der Waals surface area (Å²) in [7, 11) is 0. The van der Waals surface area contributed by atoms with Gasteiger partial charge in [0.2, 0.25) is 11.6 Å². The molecule has 170 valence electrons. The smallest absolute Gasteiger partial charge is 0.311 e. The van der Waals surface area contributed by atoms with Crippen LogP contribution in [0.3, 0.4) is 0 Å². The van der Waals surface area contributed by atoms with E-state index in [1.807, 2.05) is 44.2 Å². The van der Waals surface area contributed by atoms with Gasteiger partial charge in [-0.25, -0.2) is 0 Å². The number of ketones is 2. The first-order valence-electron chi connectivity index (χ1n) is 11.5. The molecule has 0 fully saturated rings. The number of carbonyl (C=O) groups excluding carboxylic acids is 3. The first-order valence-corrected chi connectivity index (χ1v) is 11.5. The molecule has 0 N–H and O–H groups in total. The van der Waals surface area contributed by atoms with Gasteiger partial charge in [0.1, 0.15) is 17.3 Å². The van der Waals surface area contributed by atoms with Gasteiger partial charge in [-0.05, 0) is 66.9 Å². The Kier molecular flexibility index (Phi) is 5.40. The van der Waals surface area contributed by atoms with Crippen molar-refractivity contribution in [3.63, 3.8) is 0 Å². The molecule has 1 aliphatic carbocycles. The van der Waals surface area contributed by atoms with Gasteiger partial charge in [-0.1, -0.05) is 37.6 Å². The number of fused-ring (bicyclic) bond motifs is 5. The molecule has 0 amide bonds. The van der Waals surface area contributed by atoms with E-state index in [4.69, 9.17) is 9.15 Å². The number of aryl methyl sites for hydroxylation is 1. The fourth-order valence-corrected chi connectivity index (χ4v) is 4.61. The molecule has 0 aliphatic heterocycles. The highest BCUT2D eigenvalue weighted by Crippen LogP contribution is 2.44. The first-order chi connectivity index (χ1) is 16.4. The Morgan fingerprint density at radius 3 is 2.32 bits per heavy atom. The van der Waals surface area contributed by atoms with Gasteiger partial charge in [0.25, 0.3) is 0 Å². The molecule has 0 unspecified atom stereocenters. The second kappa shape index (κ2) is 8.41. The van der Waals surface area contributed by atoms with E-state index in [0.717, 1.165) is 34.7 Å². The van der Waals surface area contributed by atoms with Crippen LogP contribution in [0, 0.1) is 13.8 Å². The van der Waals surface area contributed by atoms with Crippen molar-refractivity contribution in [2.24, 2.45) is 0 Å². The number of Topliss-reactive ketones (excluding diaryl/α,β-unsaturated/α-hetero) is 2. The average molecular weight is 453 g/mol. The van der Waals surface area contributed by atoms with Crippen LogP contribution in [-0.2, 0) is 4.79 Å². The number of benzene rings is 3. The van der Waals surface area contributed by atoms with Crippen LogP contribution in [0.25, 0.3) is 33.4 Å². The zero-order valence-electron chi connectivity index (χ0n) is 19.4. The predicted octanol–water partition coefficient (Wildman–Crippen LogP) is 6.86. The highest BCUT2D eigenvalue weighted by molar-refractivity contribution is 6.54. The van der Waals surface area contributed by atoms with Gasteiger partial charge in [0, 0.05) is 28.7 Å². The van der Waals surface area contributed by atoms with Crippen LogP contribution < -0.4 is 4.74 Å². The molecule has 0 radical (unpaired) electrons. The number of hydrogen-bond acceptors (Lipinski definition) is 5. The summed E-state index contributed by atoms with van der Waals surface area (Å²) in [5.41, 5.74) is 3.74. The molecule has 0 atom stereocenters. The van der Waals surface area contributed by atoms with E-state index < -0.39 is 11.6 Å². The van der Waals surface area contributed by atoms with Crippen LogP contribution in [0.5, 0.6) is 5.75 Å². The minimum Gasteiger partial charge on any atom is -0.455 e. The summed E-state index contributed by atoms with van der Waals surface area (Å²) in [5, 5.41) is 1.70. The Balaban J connectivity index is 1.57. The van der Waals surface area contributed by atoms with Crippen molar-refractivity contribution in [1.82, 2.24) is 0 Å². The van der Waals surface area contributed by atoms with Gasteiger partial charge in [0.15, 0.2) is 0 Å². The summed E-state index contributed by atoms with van der Waals surface area (Å²) in [4.78, 5) is 38.3. The molecular formula is C29H24O5. The van der Waals surface area contributed by atoms with E-state index in [0.29, 0.717) is 45.9 Å². The third-order valence-corrected chi connectivity index (χ3v) is 6.41. The number of esters is 1. The summed E-state index contributed by atoms with van der Waals surface area (Å²) in [5.74, 6) is 0.0754. The Hall–Kier alpha value is -3.99. The summed E-state index contributed by atoms with van der Waals surface area (Å²) in [6, 6.07) is 16.6. The van der Waals surface area contributed by atoms with Crippen LogP contribution in [0.4, 0.5) is 0 Å². The fraction of sp³-hybridized carbons (Fsp3) is 0.207. The van der Waals surface area contributed by atoms with E-state index in [2.05, 4.69) is 0 Å². The van der Waals surface area contributed by atoms with Gasteiger partial charge >= 0.3 is 5.97 Å². The maximum atomic E-state index is 13.2. The van der Waals surface area contributed by atoms with Gasteiger partial charge in [-0.15, -0.1) is 0 Å². The summed E-state index contributed by atoms with van der Waals surface area (Å²) in [6.45, 7) is 5.79. The van der Waals surface area contributed by atoms with Crippen molar-refractivity contribution in [2.45, 2.75) is 40.0 Å². The van der Waals surface area contributed by atoms with E-state index in [-0.39, 0.29) is 5.97 Å². The zero-order chi connectivity index (χ0) is 24.0. The number of furan rings is 1. The fourth-order valence-electron chi connectivity index (χ4n) is 4.61. The molecule has 0 spiro atoms. The van der Waals surface area contributed by atoms with Gasteiger partial charge < -0.3 is 9.15 Å². The number of hydrogen-bond donors (Lipinski definition) is 0. The lowest BCUT2D eigenvalue weighted by atomic mass is 9.83. The topological polar surface area (TPSA) is 73.6 Å². The van der Waals surface area contributed by atoms with Gasteiger partial charge in [0.05, 0.1) is 5.56 Å². The van der Waals surface area contributed by atoms with Crippen LogP contribution in [0.2, 0.25) is 0 Å². The van der Waals surface area contributed by atoms with Crippen LogP contribution in [0.15, 0.2) is 59.0 Å². The Bertz CT molecular complexity index is 1470. The number of carbonyl (C=O) groups is 3. The molecule has 4 aromatic rings. The van der Waals surface area contributed by atoms with Crippen molar-refractivity contribution in [3.8, 4) is 28.4 Å². The molecule has 0 saturated carbocycles. The highest BCUT2D eigenvalue weighted by atomic mass is 16.5. The lowest BCUT2D eigenvalue weighted by Crippen LogP contribution is -2.21. The van der Waals surface area contributed by atoms with Crippen LogP contribution >= 0.6 is 0 Å². The molecule has 5 rings (SSSR count). The normalized spacial score (nSPS) is 12.6. The van der Waals surface area contributed by atoms with Crippen molar-refractivity contribution >= 4 is 28.3 Å². The monoisotopic (exact) mass is 452 g/mol. The van der Waals surface area contributed by atoms with Crippen LogP contribution in [0.1, 0.15) is 58.0 Å². The molecule has 1 aliphatic rings. The Labute approximate surface area is 197 Å². The molecule has 5 heteroatoms. The second-order valence-electron chi connectivity index (χ2n) is 8.68. The molecule has 0 bridgehead atoms. The molecule has 1 aromatic heterocycles. The van der Waals surface area contributed by atoms with Crippen LogP contribution in [-0.4, -0.2) is 17.5 Å². The largest absolute Gasteiger partial charge is 0.455 e. The molecular weight excluding hydrogens is 428 g/mol. The summed E-state index contributed by atoms with van der Waals surface area (Å²) >= 11 is 0. The second-order valence-corrected chi connectivity index (χ2v) is 8.68. The van der Waals surface area contributed by atoms with E-state index in [1.54, 1.807) is 31.2 Å². The maximum Gasteiger partial charge on any atom is 0.311 e. The van der Waals surface area contributed by atoms with E-state index in [9.17, 15) is 14.4 Å². The van der Waals surface area contributed by atoms with Gasteiger partial charge in [-0.2, -0.15) is 0 Å². The van der Waals surface area contributed by atoms with Crippen molar-refractivity contribution in [3.05, 3.63) is 76.9 Å². The Morgan fingerprint density at radius 1 is 0.853 bits per heavy atom. The molecule has 34 heavy (non-hydrogen) atoms. The molecule has 0 saturated heterocycles. The van der Waals surface area contributed by atoms with Crippen molar-refractivity contribution in [2.75, 3.05) is 0 Å². The lowest BCUT2D eigenvalue weighted by molar-refractivity contribution is -0.134. The Morgan fingerprint density at radius 2 is 1.59 bits per heavy atom. The lowest BCUT2D eigenvalue weighted by Gasteiger charge is -2.16. The first kappa shape index (κ1) is 21.8. The number of ether oxygens (including phenoxy) is 1. The molecule has 1 heterocycles. The number of rotatable bonds is 5. The van der Waals surface area contributed by atoms with E-state index >= 15 is 0 Å². The quantitative estimate of drug-likeness (QED) is 0.188. The van der Waals surface area contributed by atoms with Gasteiger partial charge in [-0.3, -0.25) is 14.4 Å². The zero-order valence-corrected chi connectivity index (χ0v) is 19.4. The average Bonchev–Trinajstić information content (AvgIpc) is 3.18. The SMILES string of the molecule is CCCCC(=O)Oc1ccc(-c2oc3c(c2C)C(=O)C(=O)c2c-3ccc3c(C)cccc23)cc1. The minimum atomic E-state index is -0.550. The van der Waals surface area contributed by atoms with Crippen molar-refractivity contribution in [1.29, 1.82) is 0 Å². The maximum absolute atomic E-state index is 13.2. The molecule has 3 aromatic carbocycles. The third kappa shape index (κ3) is 3.45. The predicted molar refractivity (Wildman–Crippen MR) is 130 cm³/mol. The van der Waals surface area contributed by atoms with Crippen molar-refractivity contribution < 1.29 is 23.5 Å². The third-order valence-electron chi connectivity index (χ3n) is 6.41. The van der Waals surface area contributed by atoms with E-state index in [1.165, 1.54) is 0 Å². The summed E-state index contributed by atoms with van der Waals surface area (Å²) < 4.78 is 11.6. The minimum absolute atomic E-state index is 0.262. The standard InChI is InChI=1S/C29H24O5/c1-4-5-9-23(30)33-19-12-10-18(11-13-19)28-17(3)24-26(31)27(32)25-21-8-6-7-16(2)20(21)14-15-22(25)29(24)34-28/h6-8,10-15H,4-5,9H2,1-3H3. The summed E-state index contributed by atoms with van der Waals surface area (Å²) in [6.07, 6.45) is 2.10.